The first kappa shape index (κ1) is 28.7. The average molecular weight is 607 g/mol. The van der Waals surface area contributed by atoms with E-state index in [1.165, 1.54) is 0 Å². The first-order valence-electron chi connectivity index (χ1n) is 13.7. The Morgan fingerprint density at radius 3 is 2.35 bits per heavy atom. The van der Waals surface area contributed by atoms with Crippen molar-refractivity contribution in [3.05, 3.63) is 96.2 Å². The van der Waals surface area contributed by atoms with Crippen molar-refractivity contribution >= 4 is 27.4 Å². The van der Waals surface area contributed by atoms with Gasteiger partial charge in [-0.2, -0.15) is 0 Å². The monoisotopic (exact) mass is 606 g/mol. The Balaban J connectivity index is 1.35. The SMILES string of the molecule is C[C@H]1COCCN1c1cc(C2(S(=O)(=O)c3cc(F)cc(F)c3)CC2)nc(-c2ccc(NC(=O)Oc3ccccc3)cc2)n1. The van der Waals surface area contributed by atoms with E-state index in [0.717, 1.165) is 12.1 Å². The Morgan fingerprint density at radius 2 is 1.70 bits per heavy atom. The van der Waals surface area contributed by atoms with Gasteiger partial charge >= 0.3 is 6.09 Å². The lowest BCUT2D eigenvalue weighted by atomic mass is 10.1. The van der Waals surface area contributed by atoms with Crippen LogP contribution in [0.5, 0.6) is 5.75 Å². The summed E-state index contributed by atoms with van der Waals surface area (Å²) in [4.78, 5) is 23.4. The van der Waals surface area contributed by atoms with Crippen LogP contribution in [-0.4, -0.2) is 50.3 Å². The molecule has 0 spiro atoms. The highest BCUT2D eigenvalue weighted by Gasteiger charge is 2.58. The summed E-state index contributed by atoms with van der Waals surface area (Å²) < 4.78 is 65.1. The number of ether oxygens (including phenoxy) is 2. The second-order valence-electron chi connectivity index (χ2n) is 10.6. The van der Waals surface area contributed by atoms with E-state index in [9.17, 15) is 22.0 Å². The van der Waals surface area contributed by atoms with Crippen molar-refractivity contribution in [3.63, 3.8) is 0 Å². The lowest BCUT2D eigenvalue weighted by molar-refractivity contribution is 0.0985. The van der Waals surface area contributed by atoms with Crippen molar-refractivity contribution in [2.75, 3.05) is 30.0 Å². The van der Waals surface area contributed by atoms with Crippen LogP contribution < -0.4 is 15.0 Å². The fourth-order valence-corrected chi connectivity index (χ4v) is 7.14. The van der Waals surface area contributed by atoms with E-state index in [0.29, 0.717) is 48.6 Å². The van der Waals surface area contributed by atoms with Gasteiger partial charge in [0.25, 0.3) is 0 Å². The van der Waals surface area contributed by atoms with Gasteiger partial charge in [-0.1, -0.05) is 18.2 Å². The number of morpholine rings is 1. The fourth-order valence-electron chi connectivity index (χ4n) is 5.14. The number of rotatable bonds is 7. The topological polar surface area (TPSA) is 111 Å². The minimum absolute atomic E-state index is 0.0318. The predicted molar refractivity (Wildman–Crippen MR) is 156 cm³/mol. The van der Waals surface area contributed by atoms with Gasteiger partial charge in [-0.25, -0.2) is 32.0 Å². The second kappa shape index (κ2) is 11.3. The molecule has 1 aliphatic heterocycles. The molecule has 4 aromatic rings. The molecule has 2 fully saturated rings. The molecular formula is C31H28F2N4O5S. The summed E-state index contributed by atoms with van der Waals surface area (Å²) in [6.45, 7) is 3.47. The molecule has 1 aliphatic carbocycles. The molecule has 2 heterocycles. The molecule has 1 N–H and O–H groups in total. The maximum atomic E-state index is 14.0. The zero-order chi connectivity index (χ0) is 30.2. The summed E-state index contributed by atoms with van der Waals surface area (Å²) >= 11 is 0. The van der Waals surface area contributed by atoms with Gasteiger partial charge in [0.05, 0.1) is 29.8 Å². The molecule has 6 rings (SSSR count). The molecule has 2 aliphatic rings. The van der Waals surface area contributed by atoms with Crippen LogP contribution >= 0.6 is 0 Å². The summed E-state index contributed by atoms with van der Waals surface area (Å²) in [5.74, 6) is -0.742. The number of nitrogens with one attached hydrogen (secondary N) is 1. The summed E-state index contributed by atoms with van der Waals surface area (Å²) in [6.07, 6.45) is -0.168. The number of hydrogen-bond acceptors (Lipinski definition) is 8. The Morgan fingerprint density at radius 1 is 1.00 bits per heavy atom. The molecule has 0 unspecified atom stereocenters. The third-order valence-electron chi connectivity index (χ3n) is 7.55. The Hall–Kier alpha value is -4.42. The number of para-hydroxylation sites is 1. The Kier molecular flexibility index (Phi) is 7.57. The zero-order valence-electron chi connectivity index (χ0n) is 23.2. The van der Waals surface area contributed by atoms with E-state index in [4.69, 9.17) is 19.4 Å². The molecule has 222 valence electrons. The number of carbonyl (C=O) groups excluding carboxylic acids is 1. The van der Waals surface area contributed by atoms with Crippen molar-refractivity contribution in [2.24, 2.45) is 0 Å². The molecular weight excluding hydrogens is 578 g/mol. The lowest BCUT2D eigenvalue weighted by Crippen LogP contribution is -2.44. The van der Waals surface area contributed by atoms with Crippen molar-refractivity contribution in [3.8, 4) is 17.1 Å². The summed E-state index contributed by atoms with van der Waals surface area (Å²) in [5.41, 5.74) is 1.30. The number of benzene rings is 3. The fraction of sp³-hybridized carbons (Fsp3) is 0.258. The summed E-state index contributed by atoms with van der Waals surface area (Å²) in [5, 5.41) is 2.67. The van der Waals surface area contributed by atoms with E-state index in [2.05, 4.69) is 5.32 Å². The molecule has 0 bridgehead atoms. The molecule has 0 radical (unpaired) electrons. The molecule has 1 saturated heterocycles. The van der Waals surface area contributed by atoms with Gasteiger partial charge in [-0.15, -0.1) is 0 Å². The number of aromatic nitrogens is 2. The maximum absolute atomic E-state index is 14.0. The molecule has 43 heavy (non-hydrogen) atoms. The third-order valence-corrected chi connectivity index (χ3v) is 10.1. The van der Waals surface area contributed by atoms with Crippen LogP contribution in [0.1, 0.15) is 25.5 Å². The minimum atomic E-state index is -4.21. The molecule has 1 atom stereocenters. The van der Waals surface area contributed by atoms with Crippen LogP contribution in [-0.2, 0) is 19.3 Å². The number of nitrogens with zero attached hydrogens (tertiary/aromatic N) is 3. The van der Waals surface area contributed by atoms with Gasteiger partial charge in [0, 0.05) is 29.9 Å². The van der Waals surface area contributed by atoms with Crippen LogP contribution in [0, 0.1) is 11.6 Å². The van der Waals surface area contributed by atoms with Gasteiger partial charge in [0.2, 0.25) is 0 Å². The van der Waals surface area contributed by atoms with Crippen LogP contribution in [0.4, 0.5) is 25.1 Å². The maximum Gasteiger partial charge on any atom is 0.417 e. The van der Waals surface area contributed by atoms with Gasteiger partial charge in [0.15, 0.2) is 15.7 Å². The largest absolute Gasteiger partial charge is 0.417 e. The number of anilines is 2. The van der Waals surface area contributed by atoms with Gasteiger partial charge in [0.1, 0.15) is 27.9 Å². The van der Waals surface area contributed by atoms with Crippen LogP contribution in [0.25, 0.3) is 11.4 Å². The first-order chi connectivity index (χ1) is 20.6. The van der Waals surface area contributed by atoms with E-state index in [1.807, 2.05) is 17.9 Å². The van der Waals surface area contributed by atoms with Crippen LogP contribution in [0.15, 0.2) is 83.8 Å². The quantitative estimate of drug-likeness (QED) is 0.285. The van der Waals surface area contributed by atoms with Crippen LogP contribution in [0.3, 0.4) is 0 Å². The van der Waals surface area contributed by atoms with E-state index >= 15 is 0 Å². The average Bonchev–Trinajstić information content (AvgIpc) is 3.81. The van der Waals surface area contributed by atoms with Gasteiger partial charge < -0.3 is 14.4 Å². The smallest absolute Gasteiger partial charge is 0.410 e. The highest BCUT2D eigenvalue weighted by atomic mass is 32.2. The minimum Gasteiger partial charge on any atom is -0.410 e. The summed E-state index contributed by atoms with van der Waals surface area (Å²) in [7, 11) is -4.21. The predicted octanol–water partition coefficient (Wildman–Crippen LogP) is 5.72. The van der Waals surface area contributed by atoms with Crippen molar-refractivity contribution in [1.82, 2.24) is 9.97 Å². The number of halogens is 2. The van der Waals surface area contributed by atoms with E-state index in [-0.39, 0.29) is 30.4 Å². The zero-order valence-corrected chi connectivity index (χ0v) is 24.0. The molecule has 12 heteroatoms. The van der Waals surface area contributed by atoms with Gasteiger partial charge in [-0.3, -0.25) is 5.32 Å². The van der Waals surface area contributed by atoms with Gasteiger partial charge in [-0.05, 0) is 68.3 Å². The van der Waals surface area contributed by atoms with E-state index in [1.54, 1.807) is 54.6 Å². The molecule has 9 nitrogen and oxygen atoms in total. The molecule has 3 aromatic carbocycles. The van der Waals surface area contributed by atoms with E-state index < -0.39 is 37.2 Å². The number of sulfone groups is 1. The normalized spacial score (nSPS) is 17.7. The standard InChI is InChI=1S/C31H28F2N4O5S/c1-20-19-41-14-13-37(20)28-18-27(31(11-12-31)43(39,40)26-16-22(32)15-23(33)17-26)35-29(36-28)21-7-9-24(10-8-21)34-30(38)42-25-5-3-2-4-6-25/h2-10,15-18,20H,11-14,19H2,1H3,(H,34,38)/t20-/m0/s1. The summed E-state index contributed by atoms with van der Waals surface area (Å²) in [6, 6.07) is 19.3. The number of carbonyl (C=O) groups is 1. The number of hydrogen-bond donors (Lipinski definition) is 1. The molecule has 1 aromatic heterocycles. The lowest BCUT2D eigenvalue weighted by Gasteiger charge is -2.34. The highest BCUT2D eigenvalue weighted by molar-refractivity contribution is 7.92. The Labute approximate surface area is 247 Å². The Bertz CT molecular complexity index is 1750. The number of amides is 1. The van der Waals surface area contributed by atoms with Crippen molar-refractivity contribution in [2.45, 2.75) is 35.4 Å². The van der Waals surface area contributed by atoms with Crippen LogP contribution in [0.2, 0.25) is 0 Å². The second-order valence-corrected chi connectivity index (χ2v) is 12.8. The third kappa shape index (κ3) is 5.80. The highest BCUT2D eigenvalue weighted by Crippen LogP contribution is 2.55. The van der Waals surface area contributed by atoms with Crippen molar-refractivity contribution < 1.29 is 31.5 Å². The van der Waals surface area contributed by atoms with Crippen molar-refractivity contribution in [1.29, 1.82) is 0 Å². The first-order valence-corrected chi connectivity index (χ1v) is 15.2. The molecule has 1 amide bonds. The molecule has 1 saturated carbocycles.